The van der Waals surface area contributed by atoms with Gasteiger partial charge in [-0.15, -0.1) is 0 Å². The van der Waals surface area contributed by atoms with Gasteiger partial charge in [-0.25, -0.2) is 0 Å². The average Bonchev–Trinajstić information content (AvgIpc) is 3.24. The molecule has 0 aromatic heterocycles. The van der Waals surface area contributed by atoms with Gasteiger partial charge in [-0.05, 0) is 49.2 Å². The van der Waals surface area contributed by atoms with E-state index >= 15 is 0 Å². The molecule has 170 valence electrons. The van der Waals surface area contributed by atoms with Crippen LogP contribution < -0.4 is 15.1 Å². The molecule has 0 saturated carbocycles. The van der Waals surface area contributed by atoms with Crippen LogP contribution in [-0.2, 0) is 16.0 Å². The average molecular weight is 435 g/mol. The molecule has 2 aliphatic rings. The number of benzene rings is 2. The van der Waals surface area contributed by atoms with Crippen molar-refractivity contribution >= 4 is 23.2 Å². The van der Waals surface area contributed by atoms with Gasteiger partial charge in [-0.3, -0.25) is 14.5 Å². The Bertz CT molecular complexity index is 892. The zero-order valence-electron chi connectivity index (χ0n) is 19.0. The summed E-state index contributed by atoms with van der Waals surface area (Å²) in [6, 6.07) is 18.6. The summed E-state index contributed by atoms with van der Waals surface area (Å²) in [6.45, 7) is 8.40. The summed E-state index contributed by atoms with van der Waals surface area (Å²) in [7, 11) is 0. The first-order valence-corrected chi connectivity index (χ1v) is 11.8. The normalized spacial score (nSPS) is 19.4. The Balaban J connectivity index is 1.15. The molecule has 1 N–H and O–H groups in total. The highest BCUT2D eigenvalue weighted by molar-refractivity contribution is 6.00. The van der Waals surface area contributed by atoms with Crippen molar-refractivity contribution in [2.45, 2.75) is 26.2 Å². The summed E-state index contributed by atoms with van der Waals surface area (Å²) in [6.07, 6.45) is 2.20. The van der Waals surface area contributed by atoms with Gasteiger partial charge in [0.2, 0.25) is 11.8 Å². The maximum absolute atomic E-state index is 12.6. The van der Waals surface area contributed by atoms with Crippen LogP contribution in [0.25, 0.3) is 0 Å². The van der Waals surface area contributed by atoms with Gasteiger partial charge in [-0.2, -0.15) is 0 Å². The van der Waals surface area contributed by atoms with E-state index in [4.69, 9.17) is 0 Å². The molecule has 2 aromatic carbocycles. The molecule has 2 heterocycles. The van der Waals surface area contributed by atoms with Gasteiger partial charge in [0.1, 0.15) is 0 Å². The number of piperazine rings is 1. The lowest BCUT2D eigenvalue weighted by molar-refractivity contribution is -0.126. The number of rotatable bonds is 8. The fourth-order valence-corrected chi connectivity index (χ4v) is 4.57. The Morgan fingerprint density at radius 1 is 0.969 bits per heavy atom. The number of aryl methyl sites for hydroxylation is 1. The Morgan fingerprint density at radius 3 is 2.38 bits per heavy atom. The van der Waals surface area contributed by atoms with E-state index in [1.54, 1.807) is 4.90 Å². The number of carbonyl (C=O) groups is 2. The first-order chi connectivity index (χ1) is 15.6. The van der Waals surface area contributed by atoms with Gasteiger partial charge in [-0.1, -0.05) is 37.3 Å². The molecule has 1 atom stereocenters. The van der Waals surface area contributed by atoms with Crippen molar-refractivity contribution in [1.29, 1.82) is 0 Å². The van der Waals surface area contributed by atoms with E-state index in [-0.39, 0.29) is 17.7 Å². The molecule has 2 aromatic rings. The summed E-state index contributed by atoms with van der Waals surface area (Å²) >= 11 is 0. The van der Waals surface area contributed by atoms with Crippen LogP contribution in [0.2, 0.25) is 0 Å². The van der Waals surface area contributed by atoms with Crippen LogP contribution in [0.5, 0.6) is 0 Å². The highest BCUT2D eigenvalue weighted by Crippen LogP contribution is 2.25. The second kappa shape index (κ2) is 10.6. The second-order valence-electron chi connectivity index (χ2n) is 8.73. The lowest BCUT2D eigenvalue weighted by Crippen LogP contribution is -2.47. The van der Waals surface area contributed by atoms with E-state index in [9.17, 15) is 9.59 Å². The molecule has 0 bridgehead atoms. The fourth-order valence-electron chi connectivity index (χ4n) is 4.57. The molecule has 4 rings (SSSR count). The predicted octanol–water partition coefficient (Wildman–Crippen LogP) is 2.93. The summed E-state index contributed by atoms with van der Waals surface area (Å²) < 4.78 is 0. The number of hydrogen-bond acceptors (Lipinski definition) is 4. The molecule has 2 aliphatic heterocycles. The topological polar surface area (TPSA) is 55.9 Å². The number of carbonyl (C=O) groups excluding carboxylic acids is 2. The predicted molar refractivity (Wildman–Crippen MR) is 129 cm³/mol. The standard InChI is InChI=1S/C26H34N4O2/c1-2-21-9-11-24(12-10-21)30-20-22(19-25(30)31)26(32)27-13-6-14-28-15-17-29(18-16-28)23-7-4-3-5-8-23/h3-5,7-12,22H,2,6,13-20H2,1H3,(H,27,32). The van der Waals surface area contributed by atoms with Crippen LogP contribution in [0, 0.1) is 5.92 Å². The highest BCUT2D eigenvalue weighted by Gasteiger charge is 2.34. The SMILES string of the molecule is CCc1ccc(N2CC(C(=O)NCCCN3CCN(c4ccccc4)CC3)CC2=O)cc1. The van der Waals surface area contributed by atoms with Gasteiger partial charge in [0.05, 0.1) is 5.92 Å². The van der Waals surface area contributed by atoms with Gasteiger partial charge < -0.3 is 15.1 Å². The molecule has 0 spiro atoms. The minimum atomic E-state index is -0.261. The first kappa shape index (κ1) is 22.3. The van der Waals surface area contributed by atoms with Crippen LogP contribution in [0.4, 0.5) is 11.4 Å². The molecule has 32 heavy (non-hydrogen) atoms. The van der Waals surface area contributed by atoms with Crippen LogP contribution >= 0.6 is 0 Å². The van der Waals surface area contributed by atoms with E-state index < -0.39 is 0 Å². The highest BCUT2D eigenvalue weighted by atomic mass is 16.2. The van der Waals surface area contributed by atoms with Gasteiger partial charge >= 0.3 is 0 Å². The molecule has 1 unspecified atom stereocenters. The van der Waals surface area contributed by atoms with Crippen LogP contribution in [-0.4, -0.2) is 62.5 Å². The summed E-state index contributed by atoms with van der Waals surface area (Å²) in [5.74, 6) is -0.228. The summed E-state index contributed by atoms with van der Waals surface area (Å²) in [4.78, 5) is 31.7. The van der Waals surface area contributed by atoms with Crippen LogP contribution in [0.3, 0.4) is 0 Å². The third kappa shape index (κ3) is 5.49. The second-order valence-corrected chi connectivity index (χ2v) is 8.73. The maximum atomic E-state index is 12.6. The maximum Gasteiger partial charge on any atom is 0.227 e. The van der Waals surface area contributed by atoms with Crippen molar-refractivity contribution in [1.82, 2.24) is 10.2 Å². The van der Waals surface area contributed by atoms with Crippen molar-refractivity contribution < 1.29 is 9.59 Å². The smallest absolute Gasteiger partial charge is 0.227 e. The minimum absolute atomic E-state index is 0.0000692. The Kier molecular flexibility index (Phi) is 7.43. The lowest BCUT2D eigenvalue weighted by Gasteiger charge is -2.36. The van der Waals surface area contributed by atoms with Gasteiger partial charge in [0.25, 0.3) is 0 Å². The van der Waals surface area contributed by atoms with E-state index in [1.165, 1.54) is 11.3 Å². The fraction of sp³-hybridized carbons (Fsp3) is 0.462. The number of amides is 2. The van der Waals surface area contributed by atoms with E-state index in [2.05, 4.69) is 64.5 Å². The lowest BCUT2D eigenvalue weighted by atomic mass is 10.1. The number of hydrogen-bond donors (Lipinski definition) is 1. The molecular weight excluding hydrogens is 400 g/mol. The summed E-state index contributed by atoms with van der Waals surface area (Å²) in [5.41, 5.74) is 3.43. The van der Waals surface area contributed by atoms with Crippen molar-refractivity contribution in [2.24, 2.45) is 5.92 Å². The molecule has 6 heteroatoms. The molecular formula is C26H34N4O2. The number of para-hydroxylation sites is 1. The third-order valence-corrected chi connectivity index (χ3v) is 6.60. The van der Waals surface area contributed by atoms with Crippen LogP contribution in [0.15, 0.2) is 54.6 Å². The molecule has 2 fully saturated rings. The van der Waals surface area contributed by atoms with Crippen molar-refractivity contribution in [3.05, 3.63) is 60.2 Å². The van der Waals surface area contributed by atoms with Gasteiger partial charge in [0, 0.05) is 57.1 Å². The number of anilines is 2. The quantitative estimate of drug-likeness (QED) is 0.649. The minimum Gasteiger partial charge on any atom is -0.369 e. The number of nitrogens with zero attached hydrogens (tertiary/aromatic N) is 3. The van der Waals surface area contributed by atoms with Crippen molar-refractivity contribution in [3.63, 3.8) is 0 Å². The Hall–Kier alpha value is -2.86. The van der Waals surface area contributed by atoms with E-state index in [1.807, 2.05) is 12.1 Å². The van der Waals surface area contributed by atoms with Gasteiger partial charge in [0.15, 0.2) is 0 Å². The first-order valence-electron chi connectivity index (χ1n) is 11.8. The molecule has 0 radical (unpaired) electrons. The van der Waals surface area contributed by atoms with Crippen molar-refractivity contribution in [3.8, 4) is 0 Å². The zero-order chi connectivity index (χ0) is 22.3. The van der Waals surface area contributed by atoms with E-state index in [0.717, 1.165) is 51.3 Å². The molecule has 0 aliphatic carbocycles. The van der Waals surface area contributed by atoms with Crippen molar-refractivity contribution in [2.75, 3.05) is 55.6 Å². The Labute approximate surface area is 191 Å². The van der Waals surface area contributed by atoms with E-state index in [0.29, 0.717) is 19.5 Å². The summed E-state index contributed by atoms with van der Waals surface area (Å²) in [5, 5.41) is 3.05. The molecule has 2 saturated heterocycles. The molecule has 2 amide bonds. The monoisotopic (exact) mass is 434 g/mol. The van der Waals surface area contributed by atoms with Crippen LogP contribution in [0.1, 0.15) is 25.3 Å². The Morgan fingerprint density at radius 2 is 1.69 bits per heavy atom. The largest absolute Gasteiger partial charge is 0.369 e. The number of nitrogens with one attached hydrogen (secondary N) is 1. The zero-order valence-corrected chi connectivity index (χ0v) is 19.0. The molecule has 6 nitrogen and oxygen atoms in total. The third-order valence-electron chi connectivity index (χ3n) is 6.60.